The van der Waals surface area contributed by atoms with Crippen LogP contribution in [0.4, 0.5) is 4.79 Å². The molecule has 2 N–H and O–H groups in total. The number of carbonyl (C=O) groups is 2. The SMILES string of the molecule is CC(CCC(=O)O)CNC(=O)N1CCC(C)(C)CC1. The summed E-state index contributed by atoms with van der Waals surface area (Å²) < 4.78 is 0. The molecule has 2 amide bonds. The van der Waals surface area contributed by atoms with Gasteiger partial charge >= 0.3 is 12.0 Å². The van der Waals surface area contributed by atoms with Gasteiger partial charge in [-0.25, -0.2) is 4.79 Å². The Morgan fingerprint density at radius 2 is 1.89 bits per heavy atom. The summed E-state index contributed by atoms with van der Waals surface area (Å²) in [5.41, 5.74) is 0.339. The molecule has 0 aromatic heterocycles. The van der Waals surface area contributed by atoms with Crippen LogP contribution in [0.15, 0.2) is 0 Å². The van der Waals surface area contributed by atoms with E-state index in [1.165, 1.54) is 0 Å². The van der Waals surface area contributed by atoms with Gasteiger partial charge in [-0.15, -0.1) is 0 Å². The summed E-state index contributed by atoms with van der Waals surface area (Å²) in [6.07, 6.45) is 2.83. The molecule has 0 aromatic rings. The lowest BCUT2D eigenvalue weighted by molar-refractivity contribution is -0.137. The summed E-state index contributed by atoms with van der Waals surface area (Å²) in [6.45, 7) is 8.59. The zero-order valence-electron chi connectivity index (χ0n) is 12.2. The fraction of sp³-hybridized carbons (Fsp3) is 0.857. The monoisotopic (exact) mass is 270 g/mol. The maximum Gasteiger partial charge on any atom is 0.317 e. The Balaban J connectivity index is 2.22. The maximum atomic E-state index is 12.0. The van der Waals surface area contributed by atoms with Crippen molar-refractivity contribution in [3.63, 3.8) is 0 Å². The number of urea groups is 1. The number of nitrogens with one attached hydrogen (secondary N) is 1. The lowest BCUT2D eigenvalue weighted by atomic mass is 9.83. The first-order valence-corrected chi connectivity index (χ1v) is 7.05. The fourth-order valence-corrected chi connectivity index (χ4v) is 2.16. The largest absolute Gasteiger partial charge is 0.481 e. The first-order valence-electron chi connectivity index (χ1n) is 7.05. The minimum absolute atomic E-state index is 0.0160. The molecule has 1 aliphatic rings. The van der Waals surface area contributed by atoms with Crippen molar-refractivity contribution in [2.75, 3.05) is 19.6 Å². The molecule has 1 aliphatic heterocycles. The Morgan fingerprint density at radius 3 is 2.42 bits per heavy atom. The van der Waals surface area contributed by atoms with Crippen LogP contribution in [0.3, 0.4) is 0 Å². The fourth-order valence-electron chi connectivity index (χ4n) is 2.16. The predicted molar refractivity (Wildman–Crippen MR) is 74.0 cm³/mol. The van der Waals surface area contributed by atoms with Crippen molar-refractivity contribution in [3.8, 4) is 0 Å². The molecule has 1 saturated heterocycles. The van der Waals surface area contributed by atoms with Crippen LogP contribution in [-0.4, -0.2) is 41.6 Å². The summed E-state index contributed by atoms with van der Waals surface area (Å²) in [5.74, 6) is -0.585. The van der Waals surface area contributed by atoms with Crippen LogP contribution in [-0.2, 0) is 4.79 Å². The Morgan fingerprint density at radius 1 is 1.32 bits per heavy atom. The Labute approximate surface area is 115 Å². The van der Waals surface area contributed by atoms with Crippen LogP contribution in [0, 0.1) is 11.3 Å². The first kappa shape index (κ1) is 15.8. The Bertz CT molecular complexity index is 319. The van der Waals surface area contributed by atoms with Crippen LogP contribution in [0.5, 0.6) is 0 Å². The van der Waals surface area contributed by atoms with Crippen LogP contribution < -0.4 is 5.32 Å². The van der Waals surface area contributed by atoms with E-state index in [4.69, 9.17) is 5.11 Å². The van der Waals surface area contributed by atoms with Gasteiger partial charge in [-0.1, -0.05) is 20.8 Å². The molecule has 5 nitrogen and oxygen atoms in total. The number of rotatable bonds is 5. The molecule has 1 unspecified atom stereocenters. The second kappa shape index (κ2) is 6.78. The second-order valence-corrected chi connectivity index (χ2v) is 6.37. The molecule has 110 valence electrons. The zero-order valence-corrected chi connectivity index (χ0v) is 12.2. The summed E-state index contributed by atoms with van der Waals surface area (Å²) in [4.78, 5) is 24.3. The second-order valence-electron chi connectivity index (χ2n) is 6.37. The molecule has 5 heteroatoms. The average Bonchev–Trinajstić information content (AvgIpc) is 2.33. The number of amides is 2. The van der Waals surface area contributed by atoms with Gasteiger partial charge in [0.25, 0.3) is 0 Å². The number of carboxylic acids is 1. The van der Waals surface area contributed by atoms with Crippen molar-refractivity contribution in [3.05, 3.63) is 0 Å². The molecular formula is C14H26N2O3. The lowest BCUT2D eigenvalue weighted by Gasteiger charge is -2.37. The predicted octanol–water partition coefficient (Wildman–Crippen LogP) is 2.32. The third-order valence-corrected chi connectivity index (χ3v) is 3.86. The number of piperidine rings is 1. The van der Waals surface area contributed by atoms with Gasteiger partial charge in [0.05, 0.1) is 0 Å². The van der Waals surface area contributed by atoms with E-state index in [0.29, 0.717) is 18.4 Å². The van der Waals surface area contributed by atoms with Gasteiger partial charge in [-0.05, 0) is 30.6 Å². The van der Waals surface area contributed by atoms with Gasteiger partial charge in [0.1, 0.15) is 0 Å². The minimum atomic E-state index is -0.781. The van der Waals surface area contributed by atoms with E-state index in [1.807, 2.05) is 11.8 Å². The zero-order chi connectivity index (χ0) is 14.5. The Kier molecular flexibility index (Phi) is 5.63. The summed E-state index contributed by atoms with van der Waals surface area (Å²) >= 11 is 0. The van der Waals surface area contributed by atoms with Crippen molar-refractivity contribution >= 4 is 12.0 Å². The number of nitrogens with zero attached hydrogens (tertiary/aromatic N) is 1. The van der Waals surface area contributed by atoms with E-state index < -0.39 is 5.97 Å². The van der Waals surface area contributed by atoms with Crippen LogP contribution >= 0.6 is 0 Å². The molecular weight excluding hydrogens is 244 g/mol. The molecule has 0 aromatic carbocycles. The van der Waals surface area contributed by atoms with Crippen molar-refractivity contribution in [2.45, 2.75) is 46.5 Å². The number of aliphatic carboxylic acids is 1. The van der Waals surface area contributed by atoms with Crippen LogP contribution in [0.25, 0.3) is 0 Å². The Hall–Kier alpha value is -1.26. The van der Waals surface area contributed by atoms with Crippen LogP contribution in [0.1, 0.15) is 46.5 Å². The molecule has 0 radical (unpaired) electrons. The smallest absolute Gasteiger partial charge is 0.317 e. The van der Waals surface area contributed by atoms with Crippen molar-refractivity contribution < 1.29 is 14.7 Å². The third-order valence-electron chi connectivity index (χ3n) is 3.86. The number of carboxylic acid groups (broad SMARTS) is 1. The number of carbonyl (C=O) groups excluding carboxylic acids is 1. The van der Waals surface area contributed by atoms with E-state index in [1.54, 1.807) is 0 Å². The number of hydrogen-bond donors (Lipinski definition) is 2. The summed E-state index contributed by atoms with van der Waals surface area (Å²) in [7, 11) is 0. The lowest BCUT2D eigenvalue weighted by Crippen LogP contribution is -2.47. The molecule has 0 bridgehead atoms. The van der Waals surface area contributed by atoms with E-state index in [2.05, 4.69) is 19.2 Å². The van der Waals surface area contributed by atoms with Gasteiger partial charge in [0, 0.05) is 26.1 Å². The van der Waals surface area contributed by atoms with Gasteiger partial charge in [-0.3, -0.25) is 4.79 Å². The van der Waals surface area contributed by atoms with E-state index in [-0.39, 0.29) is 18.4 Å². The molecule has 19 heavy (non-hydrogen) atoms. The highest BCUT2D eigenvalue weighted by Crippen LogP contribution is 2.29. The maximum absolute atomic E-state index is 12.0. The van der Waals surface area contributed by atoms with Gasteiger partial charge in [0.15, 0.2) is 0 Å². The topological polar surface area (TPSA) is 69.6 Å². The number of likely N-dealkylation sites (tertiary alicyclic amines) is 1. The molecule has 1 fully saturated rings. The molecule has 0 spiro atoms. The van der Waals surface area contributed by atoms with Gasteiger partial charge < -0.3 is 15.3 Å². The quantitative estimate of drug-likeness (QED) is 0.805. The number of hydrogen-bond acceptors (Lipinski definition) is 2. The van der Waals surface area contributed by atoms with Gasteiger partial charge in [-0.2, -0.15) is 0 Å². The molecule has 1 heterocycles. The van der Waals surface area contributed by atoms with Crippen molar-refractivity contribution in [1.82, 2.24) is 10.2 Å². The summed E-state index contributed by atoms with van der Waals surface area (Å²) in [5, 5.41) is 11.5. The first-order chi connectivity index (χ1) is 8.80. The molecule has 1 atom stereocenters. The van der Waals surface area contributed by atoms with E-state index in [0.717, 1.165) is 25.9 Å². The van der Waals surface area contributed by atoms with Crippen LogP contribution in [0.2, 0.25) is 0 Å². The third kappa shape index (κ3) is 5.94. The highest BCUT2D eigenvalue weighted by atomic mass is 16.4. The van der Waals surface area contributed by atoms with E-state index >= 15 is 0 Å². The van der Waals surface area contributed by atoms with Crippen molar-refractivity contribution in [2.24, 2.45) is 11.3 Å². The van der Waals surface area contributed by atoms with E-state index in [9.17, 15) is 9.59 Å². The minimum Gasteiger partial charge on any atom is -0.481 e. The molecule has 0 saturated carbocycles. The summed E-state index contributed by atoms with van der Waals surface area (Å²) in [6, 6.07) is -0.0160. The highest BCUT2D eigenvalue weighted by Gasteiger charge is 2.27. The average molecular weight is 270 g/mol. The van der Waals surface area contributed by atoms with Crippen molar-refractivity contribution in [1.29, 1.82) is 0 Å². The normalized spacial score (nSPS) is 19.8. The highest BCUT2D eigenvalue weighted by molar-refractivity contribution is 5.74. The molecule has 1 rings (SSSR count). The molecule has 0 aliphatic carbocycles. The standard InChI is InChI=1S/C14H26N2O3/c1-11(4-5-12(17)18)10-15-13(19)16-8-6-14(2,3)7-9-16/h11H,4-10H2,1-3H3,(H,15,19)(H,17,18). The van der Waals surface area contributed by atoms with Gasteiger partial charge in [0.2, 0.25) is 0 Å².